The molecule has 0 saturated carbocycles. The summed E-state index contributed by atoms with van der Waals surface area (Å²) in [7, 11) is 0. The normalized spacial score (nSPS) is 12.3. The van der Waals surface area contributed by atoms with Crippen LogP contribution >= 0.6 is 0 Å². The molecule has 0 N–H and O–H groups in total. The molecule has 1 aliphatic rings. The number of hydrogen-bond acceptors (Lipinski definition) is 1. The van der Waals surface area contributed by atoms with E-state index in [0.717, 1.165) is 34.6 Å². The zero-order valence-electron chi connectivity index (χ0n) is 10.2. The summed E-state index contributed by atoms with van der Waals surface area (Å²) in [6.07, 6.45) is 0.743. The smallest absolute Gasteiger partial charge is 0.123 e. The molecule has 0 amide bonds. The minimum absolute atomic E-state index is 0.187. The fraction of sp³-hybridized carbons (Fsp3) is 0.0625. The van der Waals surface area contributed by atoms with Gasteiger partial charge >= 0.3 is 0 Å². The Hall–Kier alpha value is -2.42. The van der Waals surface area contributed by atoms with Gasteiger partial charge in [-0.15, -0.1) is 0 Å². The summed E-state index contributed by atoms with van der Waals surface area (Å²) in [5.74, 6) is -0.187. The second kappa shape index (κ2) is 3.79. The SMILES string of the molecule is Fc1ccc2c(c1)Cc1cc(-c3ccccc3)nn1-2. The molecule has 0 fully saturated rings. The molecule has 3 aromatic rings. The van der Waals surface area contributed by atoms with E-state index in [1.807, 2.05) is 35.0 Å². The molecule has 0 aliphatic carbocycles. The molecule has 0 bridgehead atoms. The first kappa shape index (κ1) is 10.5. The number of aromatic nitrogens is 2. The van der Waals surface area contributed by atoms with Gasteiger partial charge in [0.2, 0.25) is 0 Å². The maximum atomic E-state index is 13.2. The highest BCUT2D eigenvalue weighted by atomic mass is 19.1. The van der Waals surface area contributed by atoms with Gasteiger partial charge in [-0.3, -0.25) is 0 Å². The monoisotopic (exact) mass is 250 g/mol. The lowest BCUT2D eigenvalue weighted by Gasteiger charge is -2.01. The third-order valence-electron chi connectivity index (χ3n) is 3.49. The molecule has 2 aromatic carbocycles. The van der Waals surface area contributed by atoms with Crippen molar-refractivity contribution in [2.45, 2.75) is 6.42 Å². The molecule has 2 heterocycles. The minimum Gasteiger partial charge on any atom is -0.237 e. The molecule has 4 rings (SSSR count). The Morgan fingerprint density at radius 3 is 2.68 bits per heavy atom. The van der Waals surface area contributed by atoms with Crippen LogP contribution < -0.4 is 0 Å². The highest BCUT2D eigenvalue weighted by Crippen LogP contribution is 2.30. The summed E-state index contributed by atoms with van der Waals surface area (Å²) >= 11 is 0. The van der Waals surface area contributed by atoms with Crippen molar-refractivity contribution in [3.63, 3.8) is 0 Å². The van der Waals surface area contributed by atoms with Gasteiger partial charge in [-0.05, 0) is 29.8 Å². The standard InChI is InChI=1S/C16H11FN2/c17-13-6-7-16-12(8-13)9-14-10-15(18-19(14)16)11-4-2-1-3-5-11/h1-8,10H,9H2. The molecule has 0 saturated heterocycles. The number of halogens is 1. The van der Waals surface area contributed by atoms with E-state index in [9.17, 15) is 4.39 Å². The van der Waals surface area contributed by atoms with Gasteiger partial charge in [0.15, 0.2) is 0 Å². The van der Waals surface area contributed by atoms with E-state index < -0.39 is 0 Å². The molecule has 2 nitrogen and oxygen atoms in total. The van der Waals surface area contributed by atoms with E-state index in [0.29, 0.717) is 0 Å². The first-order valence-corrected chi connectivity index (χ1v) is 6.24. The van der Waals surface area contributed by atoms with Crippen LogP contribution in [0, 0.1) is 5.82 Å². The summed E-state index contributed by atoms with van der Waals surface area (Å²) in [6, 6.07) is 17.0. The molecule has 92 valence electrons. The molecular formula is C16H11FN2. The summed E-state index contributed by atoms with van der Waals surface area (Å²) in [5, 5.41) is 4.63. The molecular weight excluding hydrogens is 239 g/mol. The number of hydrogen-bond donors (Lipinski definition) is 0. The predicted molar refractivity (Wildman–Crippen MR) is 71.8 cm³/mol. The quantitative estimate of drug-likeness (QED) is 0.505. The molecule has 0 atom stereocenters. The lowest BCUT2D eigenvalue weighted by Crippen LogP contribution is -1.94. The van der Waals surface area contributed by atoms with Crippen molar-refractivity contribution < 1.29 is 4.39 Å². The molecule has 19 heavy (non-hydrogen) atoms. The van der Waals surface area contributed by atoms with E-state index in [-0.39, 0.29) is 5.82 Å². The van der Waals surface area contributed by atoms with E-state index in [1.165, 1.54) is 6.07 Å². The van der Waals surface area contributed by atoms with E-state index in [1.54, 1.807) is 12.1 Å². The molecule has 1 aromatic heterocycles. The third-order valence-corrected chi connectivity index (χ3v) is 3.49. The van der Waals surface area contributed by atoms with Crippen LogP contribution in [0.15, 0.2) is 54.6 Å². The van der Waals surface area contributed by atoms with Gasteiger partial charge in [-0.2, -0.15) is 5.10 Å². The zero-order valence-corrected chi connectivity index (χ0v) is 10.2. The first-order valence-electron chi connectivity index (χ1n) is 6.24. The summed E-state index contributed by atoms with van der Waals surface area (Å²) in [4.78, 5) is 0. The Kier molecular flexibility index (Phi) is 2.09. The zero-order chi connectivity index (χ0) is 12.8. The van der Waals surface area contributed by atoms with Crippen molar-refractivity contribution in [1.82, 2.24) is 9.78 Å². The van der Waals surface area contributed by atoms with Crippen LogP contribution in [0.5, 0.6) is 0 Å². The van der Waals surface area contributed by atoms with Crippen molar-refractivity contribution in [1.29, 1.82) is 0 Å². The Bertz CT molecular complexity index is 760. The van der Waals surface area contributed by atoms with Crippen LogP contribution in [0.2, 0.25) is 0 Å². The van der Waals surface area contributed by atoms with Crippen molar-refractivity contribution in [3.05, 3.63) is 71.7 Å². The Balaban J connectivity index is 1.84. The molecule has 0 unspecified atom stereocenters. The van der Waals surface area contributed by atoms with Crippen LogP contribution in [-0.4, -0.2) is 9.78 Å². The van der Waals surface area contributed by atoms with Crippen LogP contribution in [0.3, 0.4) is 0 Å². The molecule has 3 heteroatoms. The average molecular weight is 250 g/mol. The number of nitrogens with zero attached hydrogens (tertiary/aromatic N) is 2. The number of rotatable bonds is 1. The van der Waals surface area contributed by atoms with Crippen LogP contribution in [0.1, 0.15) is 11.3 Å². The third kappa shape index (κ3) is 1.58. The predicted octanol–water partition coefficient (Wildman–Crippen LogP) is 3.58. The maximum absolute atomic E-state index is 13.2. The highest BCUT2D eigenvalue weighted by molar-refractivity contribution is 5.62. The second-order valence-electron chi connectivity index (χ2n) is 4.75. The average Bonchev–Trinajstić information content (AvgIpc) is 2.96. The highest BCUT2D eigenvalue weighted by Gasteiger charge is 2.21. The van der Waals surface area contributed by atoms with Crippen molar-refractivity contribution >= 4 is 0 Å². The lowest BCUT2D eigenvalue weighted by molar-refractivity contribution is 0.626. The second-order valence-corrected chi connectivity index (χ2v) is 4.75. The summed E-state index contributed by atoms with van der Waals surface area (Å²) in [6.45, 7) is 0. The molecule has 0 spiro atoms. The lowest BCUT2D eigenvalue weighted by atomic mass is 10.1. The Labute approximate surface area is 110 Å². The van der Waals surface area contributed by atoms with E-state index >= 15 is 0 Å². The van der Waals surface area contributed by atoms with Gasteiger partial charge in [0, 0.05) is 17.7 Å². The number of fused-ring (bicyclic) bond motifs is 3. The molecule has 0 radical (unpaired) electrons. The van der Waals surface area contributed by atoms with E-state index in [4.69, 9.17) is 0 Å². The van der Waals surface area contributed by atoms with Crippen LogP contribution in [-0.2, 0) is 6.42 Å². The van der Waals surface area contributed by atoms with Gasteiger partial charge in [0.25, 0.3) is 0 Å². The summed E-state index contributed by atoms with van der Waals surface area (Å²) < 4.78 is 15.1. The van der Waals surface area contributed by atoms with E-state index in [2.05, 4.69) is 11.2 Å². The Morgan fingerprint density at radius 2 is 1.84 bits per heavy atom. The Morgan fingerprint density at radius 1 is 1.00 bits per heavy atom. The fourth-order valence-electron chi connectivity index (χ4n) is 2.60. The van der Waals surface area contributed by atoms with Gasteiger partial charge in [-0.1, -0.05) is 30.3 Å². The van der Waals surface area contributed by atoms with Crippen LogP contribution in [0.25, 0.3) is 16.9 Å². The van der Waals surface area contributed by atoms with Crippen molar-refractivity contribution in [2.24, 2.45) is 0 Å². The van der Waals surface area contributed by atoms with Gasteiger partial charge < -0.3 is 0 Å². The summed E-state index contributed by atoms with van der Waals surface area (Å²) in [5.41, 5.74) is 5.17. The van der Waals surface area contributed by atoms with Gasteiger partial charge in [0.1, 0.15) is 5.82 Å². The fourth-order valence-corrected chi connectivity index (χ4v) is 2.60. The van der Waals surface area contributed by atoms with Crippen LogP contribution in [0.4, 0.5) is 4.39 Å². The van der Waals surface area contributed by atoms with Gasteiger partial charge in [-0.25, -0.2) is 9.07 Å². The topological polar surface area (TPSA) is 17.8 Å². The van der Waals surface area contributed by atoms with Crippen molar-refractivity contribution in [2.75, 3.05) is 0 Å². The largest absolute Gasteiger partial charge is 0.237 e. The maximum Gasteiger partial charge on any atom is 0.123 e. The number of benzene rings is 2. The first-order chi connectivity index (χ1) is 9.31. The van der Waals surface area contributed by atoms with Gasteiger partial charge in [0.05, 0.1) is 11.4 Å². The minimum atomic E-state index is -0.187. The molecule has 1 aliphatic heterocycles. The van der Waals surface area contributed by atoms with Crippen molar-refractivity contribution in [3.8, 4) is 16.9 Å².